The molecule has 0 bridgehead atoms. The number of rotatable bonds is 7. The molecule has 8 heteroatoms. The summed E-state index contributed by atoms with van der Waals surface area (Å²) in [5.74, 6) is 0.396. The highest BCUT2D eigenvalue weighted by molar-refractivity contribution is 7.90. The van der Waals surface area contributed by atoms with Crippen LogP contribution in [-0.2, 0) is 20.0 Å². The van der Waals surface area contributed by atoms with Crippen molar-refractivity contribution >= 4 is 20.0 Å². The molecule has 148 valence electrons. The van der Waals surface area contributed by atoms with Crippen LogP contribution in [0.25, 0.3) is 0 Å². The summed E-state index contributed by atoms with van der Waals surface area (Å²) >= 11 is 0. The second-order valence-electron chi connectivity index (χ2n) is 6.93. The van der Waals surface area contributed by atoms with Gasteiger partial charge in [-0.25, -0.2) is 25.9 Å². The van der Waals surface area contributed by atoms with Gasteiger partial charge in [0.15, 0.2) is 0 Å². The minimum Gasteiger partial charge on any atom is -0.207 e. The van der Waals surface area contributed by atoms with Gasteiger partial charge in [0, 0.05) is 20.1 Å². The Morgan fingerprint density at radius 3 is 1.85 bits per heavy atom. The third-order valence-electron chi connectivity index (χ3n) is 4.33. The van der Waals surface area contributed by atoms with E-state index in [0.29, 0.717) is 5.92 Å². The number of benzene rings is 2. The van der Waals surface area contributed by atoms with E-state index in [9.17, 15) is 16.8 Å². The summed E-state index contributed by atoms with van der Waals surface area (Å²) in [5.41, 5.74) is 2.01. The molecule has 0 amide bonds. The molecule has 0 fully saturated rings. The second kappa shape index (κ2) is 8.10. The lowest BCUT2D eigenvalue weighted by atomic mass is 10.00. The Morgan fingerprint density at radius 1 is 0.815 bits per heavy atom. The van der Waals surface area contributed by atoms with Crippen LogP contribution in [0, 0.1) is 0 Å². The first-order valence-electron chi connectivity index (χ1n) is 8.60. The molecule has 2 rings (SSSR count). The largest absolute Gasteiger partial charge is 0.242 e. The number of hydrogen-bond donors (Lipinski definition) is 1. The zero-order valence-electron chi connectivity index (χ0n) is 16.2. The molecular weight excluding hydrogens is 384 g/mol. The van der Waals surface area contributed by atoms with Crippen molar-refractivity contribution in [1.82, 2.24) is 9.03 Å². The molecule has 1 atom stereocenters. The number of sulfonamides is 2. The average Bonchev–Trinajstić information content (AvgIpc) is 2.61. The van der Waals surface area contributed by atoms with Gasteiger partial charge in [-0.3, -0.25) is 0 Å². The first-order valence-corrected chi connectivity index (χ1v) is 11.5. The maximum absolute atomic E-state index is 12.7. The molecule has 0 aliphatic rings. The number of nitrogens with one attached hydrogen (secondary N) is 1. The SMILES string of the molecule is CC(C)c1ccc([C@H](C)NS(=O)(=O)c2cccc(S(=O)(=O)N(C)C)c2)cc1. The van der Waals surface area contributed by atoms with Crippen molar-refractivity contribution in [2.45, 2.75) is 42.5 Å². The van der Waals surface area contributed by atoms with Crippen molar-refractivity contribution in [2.24, 2.45) is 0 Å². The van der Waals surface area contributed by atoms with Crippen molar-refractivity contribution in [2.75, 3.05) is 14.1 Å². The summed E-state index contributed by atoms with van der Waals surface area (Å²) in [6.45, 7) is 5.94. The molecule has 2 aromatic carbocycles. The van der Waals surface area contributed by atoms with Crippen molar-refractivity contribution in [1.29, 1.82) is 0 Å². The topological polar surface area (TPSA) is 83.5 Å². The first-order chi connectivity index (χ1) is 12.4. The highest BCUT2D eigenvalue weighted by Gasteiger charge is 2.23. The fourth-order valence-electron chi connectivity index (χ4n) is 2.55. The third kappa shape index (κ3) is 4.95. The zero-order chi connectivity index (χ0) is 20.4. The smallest absolute Gasteiger partial charge is 0.207 e. The van der Waals surface area contributed by atoms with Crippen LogP contribution in [0.4, 0.5) is 0 Å². The lowest BCUT2D eigenvalue weighted by Crippen LogP contribution is -2.27. The number of nitrogens with zero attached hydrogens (tertiary/aromatic N) is 1. The van der Waals surface area contributed by atoms with E-state index < -0.39 is 26.1 Å². The Kier molecular flexibility index (Phi) is 6.47. The summed E-state index contributed by atoms with van der Waals surface area (Å²) in [5, 5.41) is 0. The van der Waals surface area contributed by atoms with Crippen LogP contribution >= 0.6 is 0 Å². The second-order valence-corrected chi connectivity index (χ2v) is 10.8. The van der Waals surface area contributed by atoms with Gasteiger partial charge >= 0.3 is 0 Å². The summed E-state index contributed by atoms with van der Waals surface area (Å²) in [4.78, 5) is -0.152. The molecule has 6 nitrogen and oxygen atoms in total. The van der Waals surface area contributed by atoms with E-state index in [1.807, 2.05) is 24.3 Å². The Bertz CT molecular complexity index is 996. The molecule has 0 aliphatic carbocycles. The molecule has 1 N–H and O–H groups in total. The van der Waals surface area contributed by atoms with E-state index in [-0.39, 0.29) is 9.79 Å². The van der Waals surface area contributed by atoms with E-state index in [1.165, 1.54) is 43.9 Å². The van der Waals surface area contributed by atoms with Crippen LogP contribution in [0.5, 0.6) is 0 Å². The lowest BCUT2D eigenvalue weighted by Gasteiger charge is -2.17. The van der Waals surface area contributed by atoms with Gasteiger partial charge in [0.2, 0.25) is 20.0 Å². The van der Waals surface area contributed by atoms with Crippen molar-refractivity contribution in [3.8, 4) is 0 Å². The molecule has 2 aromatic rings. The van der Waals surface area contributed by atoms with Crippen molar-refractivity contribution < 1.29 is 16.8 Å². The molecule has 0 aromatic heterocycles. The van der Waals surface area contributed by atoms with Crippen LogP contribution in [-0.4, -0.2) is 35.2 Å². The van der Waals surface area contributed by atoms with Gasteiger partial charge in [-0.2, -0.15) is 0 Å². The van der Waals surface area contributed by atoms with E-state index in [0.717, 1.165) is 9.87 Å². The van der Waals surface area contributed by atoms with Gasteiger partial charge in [0.25, 0.3) is 0 Å². The molecule has 0 aliphatic heterocycles. The molecule has 0 heterocycles. The molecule has 0 saturated heterocycles. The van der Waals surface area contributed by atoms with Gasteiger partial charge in [-0.05, 0) is 42.2 Å². The Morgan fingerprint density at radius 2 is 1.33 bits per heavy atom. The maximum atomic E-state index is 12.7. The average molecular weight is 411 g/mol. The van der Waals surface area contributed by atoms with Crippen molar-refractivity contribution in [3.63, 3.8) is 0 Å². The summed E-state index contributed by atoms with van der Waals surface area (Å²) < 4.78 is 53.6. The fraction of sp³-hybridized carbons (Fsp3) is 0.368. The van der Waals surface area contributed by atoms with Crippen LogP contribution < -0.4 is 4.72 Å². The summed E-state index contributed by atoms with van der Waals surface area (Å²) in [7, 11) is -4.79. The predicted molar refractivity (Wildman–Crippen MR) is 107 cm³/mol. The molecule has 0 saturated carbocycles. The monoisotopic (exact) mass is 410 g/mol. The van der Waals surface area contributed by atoms with E-state index in [4.69, 9.17) is 0 Å². The maximum Gasteiger partial charge on any atom is 0.242 e. The number of hydrogen-bond acceptors (Lipinski definition) is 4. The van der Waals surface area contributed by atoms with Crippen LogP contribution in [0.3, 0.4) is 0 Å². The fourth-order valence-corrected chi connectivity index (χ4v) is 4.85. The summed E-state index contributed by atoms with van der Waals surface area (Å²) in [6, 6.07) is 12.7. The van der Waals surface area contributed by atoms with Gasteiger partial charge in [-0.1, -0.05) is 44.2 Å². The van der Waals surface area contributed by atoms with Crippen molar-refractivity contribution in [3.05, 3.63) is 59.7 Å². The third-order valence-corrected chi connectivity index (χ3v) is 7.68. The highest BCUT2D eigenvalue weighted by Crippen LogP contribution is 2.22. The molecule has 27 heavy (non-hydrogen) atoms. The van der Waals surface area contributed by atoms with Gasteiger partial charge in [0.05, 0.1) is 9.79 Å². The van der Waals surface area contributed by atoms with Gasteiger partial charge in [-0.15, -0.1) is 0 Å². The standard InChI is InChI=1S/C19H26N2O4S2/c1-14(2)16-9-11-17(12-10-16)15(3)20-26(22,23)18-7-6-8-19(13-18)27(24,25)21(4)5/h6-15,20H,1-5H3/t15-/m0/s1. The van der Waals surface area contributed by atoms with Crippen LogP contribution in [0.15, 0.2) is 58.3 Å². The van der Waals surface area contributed by atoms with Gasteiger partial charge in [0.1, 0.15) is 0 Å². The minimum absolute atomic E-state index is 0.0654. The Balaban J connectivity index is 2.28. The first kappa shape index (κ1) is 21.6. The zero-order valence-corrected chi connectivity index (χ0v) is 17.8. The minimum atomic E-state index is -3.88. The van der Waals surface area contributed by atoms with Crippen LogP contribution in [0.2, 0.25) is 0 Å². The van der Waals surface area contributed by atoms with E-state index in [1.54, 1.807) is 6.92 Å². The molecular formula is C19H26N2O4S2. The van der Waals surface area contributed by atoms with E-state index in [2.05, 4.69) is 18.6 Å². The summed E-state index contributed by atoms with van der Waals surface area (Å²) in [6.07, 6.45) is 0. The van der Waals surface area contributed by atoms with Gasteiger partial charge < -0.3 is 0 Å². The highest BCUT2D eigenvalue weighted by atomic mass is 32.2. The van der Waals surface area contributed by atoms with Crippen LogP contribution in [0.1, 0.15) is 43.9 Å². The molecule has 0 radical (unpaired) electrons. The quantitative estimate of drug-likeness (QED) is 0.760. The Hall–Kier alpha value is -1.74. The van der Waals surface area contributed by atoms with E-state index >= 15 is 0 Å². The normalized spacial score (nSPS) is 13.9. The molecule has 0 unspecified atom stereocenters. The predicted octanol–water partition coefficient (Wildman–Crippen LogP) is 3.10. The lowest BCUT2D eigenvalue weighted by molar-refractivity contribution is 0.520. The Labute approximate surface area is 162 Å². The molecule has 0 spiro atoms.